The van der Waals surface area contributed by atoms with E-state index in [1.807, 2.05) is 0 Å². The van der Waals surface area contributed by atoms with Crippen molar-refractivity contribution in [3.8, 4) is 0 Å². The first-order valence-corrected chi connectivity index (χ1v) is 6.34. The Morgan fingerprint density at radius 1 is 1.32 bits per heavy atom. The highest BCUT2D eigenvalue weighted by Gasteiger charge is 2.48. The molecule has 1 aliphatic heterocycles. The summed E-state index contributed by atoms with van der Waals surface area (Å²) in [5.74, 6) is -1.06. The van der Waals surface area contributed by atoms with E-state index >= 15 is 0 Å². The summed E-state index contributed by atoms with van der Waals surface area (Å²) in [5.41, 5.74) is -2.58. The van der Waals surface area contributed by atoms with Crippen molar-refractivity contribution >= 4 is 12.1 Å². The lowest BCUT2D eigenvalue weighted by molar-refractivity contribution is -0.157. The van der Waals surface area contributed by atoms with Gasteiger partial charge >= 0.3 is 12.1 Å². The number of carbonyl (C=O) groups is 2. The predicted octanol–water partition coefficient (Wildman–Crippen LogP) is 1.92. The molecule has 6 nitrogen and oxygen atoms in total. The summed E-state index contributed by atoms with van der Waals surface area (Å²) in [6, 6.07) is 0. The molecule has 1 heterocycles. The van der Waals surface area contributed by atoms with Gasteiger partial charge in [0.1, 0.15) is 11.1 Å². The van der Waals surface area contributed by atoms with Gasteiger partial charge in [-0.15, -0.1) is 0 Å². The summed E-state index contributed by atoms with van der Waals surface area (Å²) in [7, 11) is 0. The van der Waals surface area contributed by atoms with Crippen molar-refractivity contribution in [1.82, 2.24) is 5.32 Å². The van der Waals surface area contributed by atoms with Gasteiger partial charge in [-0.2, -0.15) is 0 Å². The molecule has 0 unspecified atom stereocenters. The lowest BCUT2D eigenvalue weighted by Gasteiger charge is -2.42. The molecule has 0 bridgehead atoms. The summed E-state index contributed by atoms with van der Waals surface area (Å²) in [6.45, 7) is 9.09. The van der Waals surface area contributed by atoms with Crippen LogP contribution in [0.15, 0.2) is 0 Å². The second-order valence-electron chi connectivity index (χ2n) is 6.55. The van der Waals surface area contributed by atoms with Gasteiger partial charge in [0.05, 0.1) is 12.2 Å². The van der Waals surface area contributed by atoms with Crippen LogP contribution in [-0.2, 0) is 14.3 Å². The van der Waals surface area contributed by atoms with E-state index in [1.165, 1.54) is 0 Å². The van der Waals surface area contributed by atoms with Gasteiger partial charge in [0.2, 0.25) is 0 Å². The number of rotatable bonds is 2. The Bertz CT molecular complexity index is 372. The number of nitrogens with one attached hydrogen (secondary N) is 1. The Labute approximate surface area is 113 Å². The van der Waals surface area contributed by atoms with Crippen LogP contribution in [0.2, 0.25) is 0 Å². The average Bonchev–Trinajstić information content (AvgIpc) is 2.11. The van der Waals surface area contributed by atoms with Gasteiger partial charge in [-0.05, 0) is 34.6 Å². The first-order chi connectivity index (χ1) is 8.46. The van der Waals surface area contributed by atoms with Crippen molar-refractivity contribution < 1.29 is 24.2 Å². The third-order valence-corrected chi connectivity index (χ3v) is 2.90. The Balaban J connectivity index is 2.84. The van der Waals surface area contributed by atoms with E-state index in [9.17, 15) is 14.7 Å². The van der Waals surface area contributed by atoms with Crippen LogP contribution >= 0.6 is 0 Å². The van der Waals surface area contributed by atoms with Crippen molar-refractivity contribution in [3.63, 3.8) is 0 Å². The van der Waals surface area contributed by atoms with Crippen LogP contribution in [0.25, 0.3) is 0 Å². The molecule has 0 spiro atoms. The molecule has 0 saturated carbocycles. The minimum atomic E-state index is -1.33. The molecule has 110 valence electrons. The fourth-order valence-corrected chi connectivity index (χ4v) is 2.21. The second-order valence-corrected chi connectivity index (χ2v) is 6.55. The molecule has 1 fully saturated rings. The van der Waals surface area contributed by atoms with Crippen LogP contribution in [0.1, 0.15) is 47.5 Å². The topological polar surface area (TPSA) is 84.9 Å². The molecule has 6 heteroatoms. The summed E-state index contributed by atoms with van der Waals surface area (Å²) in [5, 5.41) is 11.9. The van der Waals surface area contributed by atoms with E-state index in [-0.39, 0.29) is 19.4 Å². The quantitative estimate of drug-likeness (QED) is 0.803. The zero-order valence-electron chi connectivity index (χ0n) is 12.2. The van der Waals surface area contributed by atoms with E-state index < -0.39 is 28.8 Å². The molecule has 19 heavy (non-hydrogen) atoms. The first-order valence-electron chi connectivity index (χ1n) is 6.34. The van der Waals surface area contributed by atoms with Crippen LogP contribution in [-0.4, -0.2) is 40.5 Å². The highest BCUT2D eigenvalue weighted by Crippen LogP contribution is 2.32. The third kappa shape index (κ3) is 4.38. The molecule has 1 saturated heterocycles. The van der Waals surface area contributed by atoms with Crippen molar-refractivity contribution in [2.24, 2.45) is 0 Å². The lowest BCUT2D eigenvalue weighted by Crippen LogP contribution is -2.61. The largest absolute Gasteiger partial charge is 0.479 e. The van der Waals surface area contributed by atoms with Crippen LogP contribution in [0.4, 0.5) is 4.79 Å². The van der Waals surface area contributed by atoms with Crippen LogP contribution < -0.4 is 5.32 Å². The summed E-state index contributed by atoms with van der Waals surface area (Å²) >= 11 is 0. The van der Waals surface area contributed by atoms with Crippen molar-refractivity contribution in [1.29, 1.82) is 0 Å². The third-order valence-electron chi connectivity index (χ3n) is 2.90. The normalized spacial score (nSPS) is 26.6. The average molecular weight is 273 g/mol. The minimum Gasteiger partial charge on any atom is -0.479 e. The highest BCUT2D eigenvalue weighted by atomic mass is 16.6. The number of carboxylic acids is 1. The number of ether oxygens (including phenoxy) is 2. The molecular weight excluding hydrogens is 250 g/mol. The zero-order chi connectivity index (χ0) is 14.9. The maximum Gasteiger partial charge on any atom is 0.408 e. The number of carboxylic acid groups (broad SMARTS) is 1. The van der Waals surface area contributed by atoms with Gasteiger partial charge in [0, 0.05) is 12.8 Å². The molecular formula is C13H23NO5. The number of aliphatic carboxylic acids is 1. The fourth-order valence-electron chi connectivity index (χ4n) is 2.21. The molecule has 1 atom stereocenters. The molecule has 0 aromatic carbocycles. The Kier molecular flexibility index (Phi) is 4.14. The molecule has 1 amide bonds. The molecule has 0 aliphatic carbocycles. The second kappa shape index (κ2) is 5.00. The minimum absolute atomic E-state index is 0.203. The molecule has 0 radical (unpaired) electrons. The first kappa shape index (κ1) is 15.8. The molecule has 0 aromatic rings. The van der Waals surface area contributed by atoms with Crippen molar-refractivity contribution in [2.75, 3.05) is 6.61 Å². The van der Waals surface area contributed by atoms with Gasteiger partial charge in [-0.1, -0.05) is 0 Å². The number of hydrogen-bond donors (Lipinski definition) is 2. The van der Waals surface area contributed by atoms with E-state index in [0.717, 1.165) is 0 Å². The maximum atomic E-state index is 11.8. The predicted molar refractivity (Wildman–Crippen MR) is 69.0 cm³/mol. The summed E-state index contributed by atoms with van der Waals surface area (Å²) in [6.07, 6.45) is -0.285. The van der Waals surface area contributed by atoms with Gasteiger partial charge in [-0.25, -0.2) is 9.59 Å². The number of amides is 1. The van der Waals surface area contributed by atoms with Crippen molar-refractivity contribution in [2.45, 2.75) is 64.2 Å². The summed E-state index contributed by atoms with van der Waals surface area (Å²) in [4.78, 5) is 23.3. The van der Waals surface area contributed by atoms with Gasteiger partial charge in [0.25, 0.3) is 0 Å². The zero-order valence-corrected chi connectivity index (χ0v) is 12.2. The van der Waals surface area contributed by atoms with Crippen molar-refractivity contribution in [3.05, 3.63) is 0 Å². The van der Waals surface area contributed by atoms with E-state index in [4.69, 9.17) is 9.47 Å². The van der Waals surface area contributed by atoms with Crippen LogP contribution in [0.3, 0.4) is 0 Å². The smallest absolute Gasteiger partial charge is 0.408 e. The standard InChI is InChI=1S/C13H23NO5/c1-11(2,3)19-10(17)14-13(9(15)16)6-7-18-12(4,5)8-13/h6-8H2,1-5H3,(H,14,17)(H,15,16)/t13-/m0/s1. The molecule has 1 aliphatic rings. The number of carbonyl (C=O) groups excluding carboxylic acids is 1. The SMILES string of the molecule is CC(C)(C)OC(=O)N[C@@]1(C(=O)O)CCOC(C)(C)C1. The van der Waals surface area contributed by atoms with E-state index in [2.05, 4.69) is 5.32 Å². The Morgan fingerprint density at radius 2 is 1.89 bits per heavy atom. The molecule has 0 aromatic heterocycles. The summed E-state index contributed by atoms with van der Waals surface area (Å²) < 4.78 is 10.6. The van der Waals surface area contributed by atoms with Gasteiger partial charge < -0.3 is 19.9 Å². The van der Waals surface area contributed by atoms with E-state index in [0.29, 0.717) is 0 Å². The van der Waals surface area contributed by atoms with Gasteiger partial charge in [0.15, 0.2) is 0 Å². The molecule has 2 N–H and O–H groups in total. The number of alkyl carbamates (subject to hydrolysis) is 1. The van der Waals surface area contributed by atoms with Gasteiger partial charge in [-0.3, -0.25) is 0 Å². The Hall–Kier alpha value is -1.30. The Morgan fingerprint density at radius 3 is 2.32 bits per heavy atom. The monoisotopic (exact) mass is 273 g/mol. The molecule has 1 rings (SSSR count). The lowest BCUT2D eigenvalue weighted by atomic mass is 9.81. The fraction of sp³-hybridized carbons (Fsp3) is 0.846. The number of hydrogen-bond acceptors (Lipinski definition) is 4. The van der Waals surface area contributed by atoms with E-state index in [1.54, 1.807) is 34.6 Å². The van der Waals surface area contributed by atoms with Crippen LogP contribution in [0.5, 0.6) is 0 Å². The van der Waals surface area contributed by atoms with Crippen LogP contribution in [0, 0.1) is 0 Å². The highest BCUT2D eigenvalue weighted by molar-refractivity contribution is 5.84. The maximum absolute atomic E-state index is 11.8.